The van der Waals surface area contributed by atoms with Gasteiger partial charge in [-0.05, 0) is 25.0 Å². The van der Waals surface area contributed by atoms with Gasteiger partial charge in [-0.2, -0.15) is 0 Å². The van der Waals surface area contributed by atoms with E-state index in [4.69, 9.17) is 5.14 Å². The Balaban J connectivity index is 2.97. The minimum Gasteiger partial charge on any atom is -0.260 e. The fraction of sp³-hybridized carbons (Fsp3) is 0.300. The van der Waals surface area contributed by atoms with Crippen molar-refractivity contribution in [2.75, 3.05) is 0 Å². The zero-order valence-electron chi connectivity index (χ0n) is 8.33. The van der Waals surface area contributed by atoms with Crippen molar-refractivity contribution in [2.24, 2.45) is 5.14 Å². The minimum atomic E-state index is -3.60. The molecule has 0 amide bonds. The van der Waals surface area contributed by atoms with Crippen molar-refractivity contribution in [1.82, 2.24) is 4.98 Å². The van der Waals surface area contributed by atoms with Crippen LogP contribution in [-0.4, -0.2) is 13.4 Å². The molecule has 4 nitrogen and oxygen atoms in total. The summed E-state index contributed by atoms with van der Waals surface area (Å²) < 4.78 is 22.7. The zero-order chi connectivity index (χ0) is 11.3. The fourth-order valence-corrected chi connectivity index (χ4v) is 2.26. The van der Waals surface area contributed by atoms with Gasteiger partial charge < -0.3 is 0 Å². The standard InChI is InChI=1S/C10H14N2O2S/c1-2-3-7-10(15(11,13)14)9-6-4-5-8-12-9/h2,4-6,8,10H,1,3,7H2,(H2,11,13,14). The molecule has 1 unspecified atom stereocenters. The number of hydrogen-bond donors (Lipinski definition) is 1. The van der Waals surface area contributed by atoms with Crippen molar-refractivity contribution in [3.05, 3.63) is 42.7 Å². The third-order valence-electron chi connectivity index (χ3n) is 2.05. The fourth-order valence-electron chi connectivity index (χ4n) is 1.32. The van der Waals surface area contributed by atoms with E-state index in [1.165, 1.54) is 0 Å². The predicted molar refractivity (Wildman–Crippen MR) is 59.5 cm³/mol. The van der Waals surface area contributed by atoms with Crippen LogP contribution in [-0.2, 0) is 10.0 Å². The third-order valence-corrected chi connectivity index (χ3v) is 3.32. The van der Waals surface area contributed by atoms with Gasteiger partial charge in [-0.25, -0.2) is 13.6 Å². The van der Waals surface area contributed by atoms with E-state index in [9.17, 15) is 8.42 Å². The number of rotatable bonds is 5. The summed E-state index contributed by atoms with van der Waals surface area (Å²) in [5.41, 5.74) is 0.488. The summed E-state index contributed by atoms with van der Waals surface area (Å²) >= 11 is 0. The summed E-state index contributed by atoms with van der Waals surface area (Å²) in [6.07, 6.45) is 4.24. The van der Waals surface area contributed by atoms with Gasteiger partial charge in [0, 0.05) is 6.20 Å². The van der Waals surface area contributed by atoms with Gasteiger partial charge in [0.05, 0.1) is 5.69 Å². The smallest absolute Gasteiger partial charge is 0.217 e. The van der Waals surface area contributed by atoms with Crippen molar-refractivity contribution in [3.8, 4) is 0 Å². The lowest BCUT2D eigenvalue weighted by atomic mass is 10.1. The second-order valence-electron chi connectivity index (χ2n) is 3.20. The van der Waals surface area contributed by atoms with E-state index in [0.29, 0.717) is 18.5 Å². The molecule has 0 aliphatic heterocycles. The second-order valence-corrected chi connectivity index (χ2v) is 4.95. The molecule has 0 aliphatic rings. The van der Waals surface area contributed by atoms with Crippen LogP contribution in [0.2, 0.25) is 0 Å². The van der Waals surface area contributed by atoms with Gasteiger partial charge in [-0.3, -0.25) is 4.98 Å². The summed E-state index contributed by atoms with van der Waals surface area (Å²) in [4.78, 5) is 4.00. The van der Waals surface area contributed by atoms with Crippen LogP contribution in [0, 0.1) is 0 Å². The highest BCUT2D eigenvalue weighted by Gasteiger charge is 2.23. The third kappa shape index (κ3) is 3.45. The second kappa shape index (κ2) is 5.04. The maximum atomic E-state index is 11.3. The SMILES string of the molecule is C=CCCC(c1ccccn1)S(N)(=O)=O. The number of hydrogen-bond acceptors (Lipinski definition) is 3. The number of nitrogens with two attached hydrogens (primary N) is 1. The number of nitrogens with zero attached hydrogens (tertiary/aromatic N) is 1. The molecule has 0 fully saturated rings. The van der Waals surface area contributed by atoms with E-state index in [-0.39, 0.29) is 0 Å². The van der Waals surface area contributed by atoms with Crippen LogP contribution in [0.1, 0.15) is 23.8 Å². The first-order chi connectivity index (χ1) is 7.05. The molecule has 82 valence electrons. The molecule has 0 saturated carbocycles. The Morgan fingerprint density at radius 2 is 2.27 bits per heavy atom. The number of pyridine rings is 1. The minimum absolute atomic E-state index is 0.416. The van der Waals surface area contributed by atoms with E-state index in [1.807, 2.05) is 0 Å². The summed E-state index contributed by atoms with van der Waals surface area (Å²) in [6, 6.07) is 5.14. The maximum absolute atomic E-state index is 11.3. The average molecular weight is 226 g/mol. The lowest BCUT2D eigenvalue weighted by Crippen LogP contribution is -2.22. The molecule has 2 N–H and O–H groups in total. The Morgan fingerprint density at radius 1 is 1.53 bits per heavy atom. The van der Waals surface area contributed by atoms with Gasteiger partial charge in [0.15, 0.2) is 0 Å². The van der Waals surface area contributed by atoms with Crippen molar-refractivity contribution >= 4 is 10.0 Å². The molecule has 15 heavy (non-hydrogen) atoms. The predicted octanol–water partition coefficient (Wildman–Crippen LogP) is 1.38. The molecule has 1 heterocycles. The highest BCUT2D eigenvalue weighted by atomic mass is 32.2. The molecule has 5 heteroatoms. The van der Waals surface area contributed by atoms with Crippen LogP contribution < -0.4 is 5.14 Å². The molecule has 0 aromatic carbocycles. The Hall–Kier alpha value is -1.20. The highest BCUT2D eigenvalue weighted by molar-refractivity contribution is 7.89. The molecule has 0 radical (unpaired) electrons. The van der Waals surface area contributed by atoms with Crippen molar-refractivity contribution in [3.63, 3.8) is 0 Å². The molecule has 1 rings (SSSR count). The number of sulfonamides is 1. The van der Waals surface area contributed by atoms with Crippen LogP contribution in [0.25, 0.3) is 0 Å². The highest BCUT2D eigenvalue weighted by Crippen LogP contribution is 2.23. The first-order valence-electron chi connectivity index (χ1n) is 4.59. The largest absolute Gasteiger partial charge is 0.260 e. The molecular formula is C10H14N2O2S. The Morgan fingerprint density at radius 3 is 2.73 bits per heavy atom. The zero-order valence-corrected chi connectivity index (χ0v) is 9.15. The van der Waals surface area contributed by atoms with E-state index in [2.05, 4.69) is 11.6 Å². The molecule has 1 atom stereocenters. The monoisotopic (exact) mass is 226 g/mol. The summed E-state index contributed by atoms with van der Waals surface area (Å²) in [7, 11) is -3.60. The number of primary sulfonamides is 1. The van der Waals surface area contributed by atoms with Gasteiger partial charge >= 0.3 is 0 Å². The first-order valence-corrected chi connectivity index (χ1v) is 6.20. The van der Waals surface area contributed by atoms with Gasteiger partial charge in [0.1, 0.15) is 5.25 Å². The van der Waals surface area contributed by atoms with E-state index in [1.54, 1.807) is 30.5 Å². The van der Waals surface area contributed by atoms with Gasteiger partial charge in [0.2, 0.25) is 10.0 Å². The van der Waals surface area contributed by atoms with Crippen LogP contribution in [0.3, 0.4) is 0 Å². The van der Waals surface area contributed by atoms with Crippen molar-refractivity contribution < 1.29 is 8.42 Å². The summed E-state index contributed by atoms with van der Waals surface area (Å²) in [5.74, 6) is 0. The molecular weight excluding hydrogens is 212 g/mol. The van der Waals surface area contributed by atoms with Crippen molar-refractivity contribution in [2.45, 2.75) is 18.1 Å². The quantitative estimate of drug-likeness (QED) is 0.771. The van der Waals surface area contributed by atoms with Gasteiger partial charge in [0.25, 0.3) is 0 Å². The molecule has 0 bridgehead atoms. The molecule has 0 saturated heterocycles. The lowest BCUT2D eigenvalue weighted by molar-refractivity contribution is 0.575. The molecule has 0 spiro atoms. The van der Waals surface area contributed by atoms with Gasteiger partial charge in [-0.1, -0.05) is 12.1 Å². The molecule has 0 aliphatic carbocycles. The normalized spacial score (nSPS) is 13.4. The number of aromatic nitrogens is 1. The molecule has 1 aromatic heterocycles. The maximum Gasteiger partial charge on any atom is 0.217 e. The average Bonchev–Trinajstić information content (AvgIpc) is 2.18. The summed E-state index contributed by atoms with van der Waals surface area (Å²) in [5, 5.41) is 4.41. The summed E-state index contributed by atoms with van der Waals surface area (Å²) in [6.45, 7) is 3.55. The van der Waals surface area contributed by atoms with Crippen LogP contribution in [0.15, 0.2) is 37.1 Å². The van der Waals surface area contributed by atoms with Gasteiger partial charge in [-0.15, -0.1) is 6.58 Å². The van der Waals surface area contributed by atoms with E-state index < -0.39 is 15.3 Å². The lowest BCUT2D eigenvalue weighted by Gasteiger charge is -2.12. The Labute approximate surface area is 89.9 Å². The Bertz CT molecular complexity index is 414. The van der Waals surface area contributed by atoms with E-state index >= 15 is 0 Å². The van der Waals surface area contributed by atoms with Crippen LogP contribution in [0.4, 0.5) is 0 Å². The Kier molecular flexibility index (Phi) is 3.99. The van der Waals surface area contributed by atoms with Crippen molar-refractivity contribution in [1.29, 1.82) is 0 Å². The number of allylic oxidation sites excluding steroid dienone is 1. The topological polar surface area (TPSA) is 73.0 Å². The van der Waals surface area contributed by atoms with Crippen LogP contribution >= 0.6 is 0 Å². The van der Waals surface area contributed by atoms with Crippen LogP contribution in [0.5, 0.6) is 0 Å². The first kappa shape index (κ1) is 11.9. The molecule has 1 aromatic rings. The van der Waals surface area contributed by atoms with E-state index in [0.717, 1.165) is 0 Å².